The zero-order chi connectivity index (χ0) is 21.5. The molecule has 5 rings (SSSR count). The number of hydrogen-bond donors (Lipinski definition) is 1. The summed E-state index contributed by atoms with van der Waals surface area (Å²) in [7, 11) is 0. The van der Waals surface area contributed by atoms with Gasteiger partial charge in [0.15, 0.2) is 0 Å². The fraction of sp³-hybridized carbons (Fsp3) is 0.227. The van der Waals surface area contributed by atoms with Crippen LogP contribution in [0.15, 0.2) is 48.7 Å². The first-order chi connectivity index (χ1) is 15.0. The van der Waals surface area contributed by atoms with Crippen LogP contribution in [0.1, 0.15) is 30.5 Å². The standard InChI is InChI=1S/C22H19F2N5OS/c1-13(30)28-9-8-19(18-7-6-17(24)10-15(18)11-28)25-21-27-29-12-20(26-22(29)31-21)14-2-4-16(23)5-3-14/h2-7,10,12,19H,8-9,11H2,1H3,(H,25,27). The Morgan fingerprint density at radius 1 is 1.16 bits per heavy atom. The van der Waals surface area contributed by atoms with Crippen LogP contribution in [0.5, 0.6) is 0 Å². The summed E-state index contributed by atoms with van der Waals surface area (Å²) in [6.07, 6.45) is 2.49. The van der Waals surface area contributed by atoms with Crippen molar-refractivity contribution in [2.75, 3.05) is 11.9 Å². The number of aromatic nitrogens is 3. The molecular formula is C22H19F2N5OS. The monoisotopic (exact) mass is 439 g/mol. The first kappa shape index (κ1) is 19.6. The van der Waals surface area contributed by atoms with Gasteiger partial charge in [0.25, 0.3) is 0 Å². The van der Waals surface area contributed by atoms with Gasteiger partial charge in [-0.1, -0.05) is 17.4 Å². The highest BCUT2D eigenvalue weighted by atomic mass is 32.1. The van der Waals surface area contributed by atoms with Crippen molar-refractivity contribution in [1.82, 2.24) is 19.5 Å². The topological polar surface area (TPSA) is 62.5 Å². The van der Waals surface area contributed by atoms with E-state index in [0.717, 1.165) is 22.4 Å². The van der Waals surface area contributed by atoms with Gasteiger partial charge >= 0.3 is 0 Å². The SMILES string of the molecule is CC(=O)N1CCC(Nc2nn3cc(-c4ccc(F)cc4)nc3s2)c2ccc(F)cc2C1. The number of carbonyl (C=O) groups excluding carboxylic acids is 1. The van der Waals surface area contributed by atoms with Gasteiger partial charge in [0.05, 0.1) is 17.9 Å². The average molecular weight is 439 g/mol. The van der Waals surface area contributed by atoms with Gasteiger partial charge in [0.2, 0.25) is 16.0 Å². The summed E-state index contributed by atoms with van der Waals surface area (Å²) in [5.41, 5.74) is 3.30. The van der Waals surface area contributed by atoms with E-state index in [1.807, 2.05) is 0 Å². The number of amides is 1. The van der Waals surface area contributed by atoms with Crippen molar-refractivity contribution >= 4 is 27.3 Å². The van der Waals surface area contributed by atoms with Gasteiger partial charge in [-0.2, -0.15) is 0 Å². The summed E-state index contributed by atoms with van der Waals surface area (Å²) < 4.78 is 28.7. The molecule has 1 amide bonds. The molecule has 0 saturated carbocycles. The Morgan fingerprint density at radius 3 is 2.68 bits per heavy atom. The lowest BCUT2D eigenvalue weighted by Gasteiger charge is -2.19. The molecule has 31 heavy (non-hydrogen) atoms. The number of benzene rings is 2. The number of carbonyl (C=O) groups is 1. The molecule has 3 heterocycles. The smallest absolute Gasteiger partial charge is 0.219 e. The van der Waals surface area contributed by atoms with Gasteiger partial charge in [-0.3, -0.25) is 4.79 Å². The summed E-state index contributed by atoms with van der Waals surface area (Å²) in [4.78, 5) is 19.0. The van der Waals surface area contributed by atoms with E-state index in [2.05, 4.69) is 15.4 Å². The second-order valence-electron chi connectivity index (χ2n) is 7.54. The molecule has 0 saturated heterocycles. The number of rotatable bonds is 3. The zero-order valence-corrected chi connectivity index (χ0v) is 17.5. The lowest BCUT2D eigenvalue weighted by atomic mass is 9.99. The minimum absolute atomic E-state index is 0.0306. The van der Waals surface area contributed by atoms with E-state index in [1.165, 1.54) is 42.5 Å². The fourth-order valence-electron chi connectivity index (χ4n) is 3.86. The van der Waals surface area contributed by atoms with Crippen LogP contribution in [-0.2, 0) is 11.3 Å². The molecule has 1 aliphatic heterocycles. The van der Waals surface area contributed by atoms with Crippen LogP contribution in [0.4, 0.5) is 13.9 Å². The van der Waals surface area contributed by atoms with E-state index >= 15 is 0 Å². The highest BCUT2D eigenvalue weighted by molar-refractivity contribution is 7.20. The van der Waals surface area contributed by atoms with E-state index in [9.17, 15) is 13.6 Å². The Hall–Kier alpha value is -3.33. The number of nitrogens with one attached hydrogen (secondary N) is 1. The van der Waals surface area contributed by atoms with E-state index < -0.39 is 0 Å². The molecule has 0 radical (unpaired) electrons. The van der Waals surface area contributed by atoms with Crippen LogP contribution in [-0.4, -0.2) is 31.9 Å². The number of halogens is 2. The van der Waals surface area contributed by atoms with E-state index in [-0.39, 0.29) is 23.6 Å². The minimum atomic E-state index is -0.316. The molecule has 2 aromatic carbocycles. The maximum atomic E-state index is 13.8. The third-order valence-electron chi connectivity index (χ3n) is 5.46. The first-order valence-electron chi connectivity index (χ1n) is 9.89. The van der Waals surface area contributed by atoms with Crippen molar-refractivity contribution in [2.24, 2.45) is 0 Å². The Morgan fingerprint density at radius 2 is 1.94 bits per heavy atom. The molecule has 1 aliphatic rings. The Kier molecular flexibility index (Phi) is 4.90. The number of imidazole rings is 1. The molecule has 158 valence electrons. The first-order valence-corrected chi connectivity index (χ1v) is 10.7. The van der Waals surface area contributed by atoms with E-state index in [4.69, 9.17) is 0 Å². The summed E-state index contributed by atoms with van der Waals surface area (Å²) >= 11 is 1.40. The van der Waals surface area contributed by atoms with Gasteiger partial charge in [-0.15, -0.1) is 5.10 Å². The molecule has 4 aromatic rings. The molecule has 2 aromatic heterocycles. The predicted molar refractivity (Wildman–Crippen MR) is 115 cm³/mol. The minimum Gasteiger partial charge on any atom is -0.353 e. The second-order valence-corrected chi connectivity index (χ2v) is 8.49. The van der Waals surface area contributed by atoms with Gasteiger partial charge < -0.3 is 10.2 Å². The van der Waals surface area contributed by atoms with E-state index in [0.29, 0.717) is 29.6 Å². The summed E-state index contributed by atoms with van der Waals surface area (Å²) in [5, 5.41) is 8.70. The quantitative estimate of drug-likeness (QED) is 0.505. The molecule has 0 spiro atoms. The third-order valence-corrected chi connectivity index (χ3v) is 6.31. The van der Waals surface area contributed by atoms with Crippen LogP contribution in [0.25, 0.3) is 16.2 Å². The lowest BCUT2D eigenvalue weighted by molar-refractivity contribution is -0.129. The van der Waals surface area contributed by atoms with Crippen molar-refractivity contribution in [3.05, 3.63) is 71.4 Å². The molecule has 9 heteroatoms. The Balaban J connectivity index is 1.42. The van der Waals surface area contributed by atoms with Gasteiger partial charge in [0.1, 0.15) is 11.6 Å². The van der Waals surface area contributed by atoms with Crippen LogP contribution in [0.3, 0.4) is 0 Å². The number of hydrogen-bond acceptors (Lipinski definition) is 5. The van der Waals surface area contributed by atoms with Crippen molar-refractivity contribution < 1.29 is 13.6 Å². The second kappa shape index (κ2) is 7.73. The maximum Gasteiger partial charge on any atom is 0.219 e. The normalized spacial score (nSPS) is 16.2. The Bertz CT molecular complexity index is 1240. The molecular weight excluding hydrogens is 420 g/mol. The Labute approximate surface area is 181 Å². The van der Waals surface area contributed by atoms with Crippen LogP contribution >= 0.6 is 11.3 Å². The fourth-order valence-corrected chi connectivity index (χ4v) is 4.70. The summed E-state index contributed by atoms with van der Waals surface area (Å²) in [6.45, 7) is 2.49. The molecule has 1 atom stereocenters. The van der Waals surface area contributed by atoms with Crippen molar-refractivity contribution in [2.45, 2.75) is 25.9 Å². The molecule has 0 aliphatic carbocycles. The molecule has 6 nitrogen and oxygen atoms in total. The molecule has 1 unspecified atom stereocenters. The van der Waals surface area contributed by atoms with Crippen LogP contribution < -0.4 is 5.32 Å². The number of anilines is 1. The van der Waals surface area contributed by atoms with Crippen LogP contribution in [0.2, 0.25) is 0 Å². The predicted octanol–water partition coefficient (Wildman–Crippen LogP) is 4.64. The largest absolute Gasteiger partial charge is 0.353 e. The molecule has 0 fully saturated rings. The van der Waals surface area contributed by atoms with Crippen molar-refractivity contribution in [1.29, 1.82) is 0 Å². The zero-order valence-electron chi connectivity index (χ0n) is 16.7. The number of nitrogens with zero attached hydrogens (tertiary/aromatic N) is 4. The van der Waals surface area contributed by atoms with E-state index in [1.54, 1.807) is 33.8 Å². The molecule has 1 N–H and O–H groups in total. The third kappa shape index (κ3) is 3.88. The summed E-state index contributed by atoms with van der Waals surface area (Å²) in [6, 6.07) is 10.8. The van der Waals surface area contributed by atoms with Gasteiger partial charge in [-0.05, 0) is 53.9 Å². The van der Waals surface area contributed by atoms with Crippen molar-refractivity contribution in [3.63, 3.8) is 0 Å². The highest BCUT2D eigenvalue weighted by Gasteiger charge is 2.25. The molecule has 0 bridgehead atoms. The lowest BCUT2D eigenvalue weighted by Crippen LogP contribution is -2.28. The van der Waals surface area contributed by atoms with Crippen LogP contribution in [0, 0.1) is 11.6 Å². The van der Waals surface area contributed by atoms with Gasteiger partial charge in [0, 0.05) is 25.6 Å². The highest BCUT2D eigenvalue weighted by Crippen LogP contribution is 2.32. The maximum absolute atomic E-state index is 13.8. The summed E-state index contributed by atoms with van der Waals surface area (Å²) in [5.74, 6) is -0.637. The average Bonchev–Trinajstić information content (AvgIpc) is 3.23. The number of fused-ring (bicyclic) bond motifs is 2. The van der Waals surface area contributed by atoms with Gasteiger partial charge in [-0.25, -0.2) is 18.3 Å². The van der Waals surface area contributed by atoms with Crippen molar-refractivity contribution in [3.8, 4) is 11.3 Å².